The lowest BCUT2D eigenvalue weighted by atomic mass is 10.2. The third-order valence-corrected chi connectivity index (χ3v) is 5.41. The number of esters is 1. The summed E-state index contributed by atoms with van der Waals surface area (Å²) >= 11 is 0. The molecule has 0 saturated carbocycles. The predicted octanol–water partition coefficient (Wildman–Crippen LogP) is 2.00. The summed E-state index contributed by atoms with van der Waals surface area (Å²) in [5, 5.41) is 0. The number of hydrogen-bond donors (Lipinski definition) is 0. The van der Waals surface area contributed by atoms with Crippen LogP contribution >= 0.6 is 0 Å². The lowest BCUT2D eigenvalue weighted by Gasteiger charge is -2.09. The molecule has 0 amide bonds. The number of hydrogen-bond acceptors (Lipinski definition) is 13. The first-order chi connectivity index (χ1) is 22.3. The second-order valence-corrected chi connectivity index (χ2v) is 8.93. The average Bonchev–Trinajstić information content (AvgIpc) is 3.06. The molecule has 0 N–H and O–H groups in total. The Kier molecular flexibility index (Phi) is 32.1. The van der Waals surface area contributed by atoms with Crippen LogP contribution in [0.1, 0.15) is 10.4 Å². The van der Waals surface area contributed by atoms with E-state index in [9.17, 15) is 9.18 Å². The Morgan fingerprint density at radius 2 is 0.622 bits per heavy atom. The standard InChI is InChI=1S/C31H53FO13/c32-6-7-34-8-9-35-10-11-36-12-13-37-14-15-38-16-17-39-18-19-40-20-21-41-22-23-42-24-25-43-26-27-44-28-29-45-31(33)30-4-2-1-3-5-30/h1-5H,6-29H2. The topological polar surface area (TPSA) is 128 Å². The molecule has 0 aliphatic carbocycles. The number of benzene rings is 1. The summed E-state index contributed by atoms with van der Waals surface area (Å²) in [6, 6.07) is 8.84. The molecule has 262 valence electrons. The summed E-state index contributed by atoms with van der Waals surface area (Å²) < 4.78 is 76.1. The van der Waals surface area contributed by atoms with Gasteiger partial charge in [-0.15, -0.1) is 0 Å². The zero-order chi connectivity index (χ0) is 32.1. The van der Waals surface area contributed by atoms with Crippen molar-refractivity contribution in [1.82, 2.24) is 0 Å². The zero-order valence-electron chi connectivity index (χ0n) is 26.5. The van der Waals surface area contributed by atoms with E-state index in [0.29, 0.717) is 144 Å². The summed E-state index contributed by atoms with van der Waals surface area (Å²) in [4.78, 5) is 11.8. The quantitative estimate of drug-likeness (QED) is 0.0775. The Morgan fingerprint density at radius 3 is 0.889 bits per heavy atom. The molecule has 0 aliphatic heterocycles. The molecule has 45 heavy (non-hydrogen) atoms. The molecule has 13 nitrogen and oxygen atoms in total. The van der Waals surface area contributed by atoms with E-state index < -0.39 is 6.67 Å². The second kappa shape index (κ2) is 35.0. The number of halogens is 1. The summed E-state index contributed by atoms with van der Waals surface area (Å²) in [5.74, 6) is -0.360. The summed E-state index contributed by atoms with van der Waals surface area (Å²) in [6.45, 7) is 9.51. The van der Waals surface area contributed by atoms with Crippen molar-refractivity contribution < 1.29 is 66.0 Å². The maximum Gasteiger partial charge on any atom is 0.338 e. The van der Waals surface area contributed by atoms with Crippen LogP contribution in [0.25, 0.3) is 0 Å². The first-order valence-electron chi connectivity index (χ1n) is 15.5. The molecule has 14 heteroatoms. The van der Waals surface area contributed by atoms with Crippen molar-refractivity contribution in [2.45, 2.75) is 0 Å². The SMILES string of the molecule is O=C(OCCOCCOCCOCCOCCOCCOCCOCCOCCOCCOCCOCCF)c1ccccc1. The van der Waals surface area contributed by atoms with Crippen molar-refractivity contribution in [1.29, 1.82) is 0 Å². The van der Waals surface area contributed by atoms with Gasteiger partial charge in [-0.25, -0.2) is 9.18 Å². The fourth-order valence-electron chi connectivity index (χ4n) is 3.21. The van der Waals surface area contributed by atoms with Gasteiger partial charge in [-0.2, -0.15) is 0 Å². The minimum Gasteiger partial charge on any atom is -0.460 e. The Morgan fingerprint density at radius 1 is 0.378 bits per heavy atom. The van der Waals surface area contributed by atoms with Crippen molar-refractivity contribution in [3.63, 3.8) is 0 Å². The monoisotopic (exact) mass is 652 g/mol. The van der Waals surface area contributed by atoms with Gasteiger partial charge in [0, 0.05) is 0 Å². The fraction of sp³-hybridized carbons (Fsp3) is 0.774. The Labute approximate surface area is 266 Å². The molecule has 0 spiro atoms. The molecular weight excluding hydrogens is 599 g/mol. The molecule has 0 aliphatic rings. The molecule has 0 unspecified atom stereocenters. The van der Waals surface area contributed by atoms with Gasteiger partial charge in [-0.05, 0) is 12.1 Å². The van der Waals surface area contributed by atoms with Gasteiger partial charge in [0.25, 0.3) is 0 Å². The molecule has 1 rings (SSSR count). The van der Waals surface area contributed by atoms with Crippen LogP contribution in [0.3, 0.4) is 0 Å². The molecule has 0 aromatic heterocycles. The van der Waals surface area contributed by atoms with E-state index in [2.05, 4.69) is 0 Å². The highest BCUT2D eigenvalue weighted by molar-refractivity contribution is 5.89. The van der Waals surface area contributed by atoms with Gasteiger partial charge >= 0.3 is 5.97 Å². The summed E-state index contributed by atoms with van der Waals surface area (Å²) in [5.41, 5.74) is 0.522. The molecule has 1 aromatic rings. The van der Waals surface area contributed by atoms with E-state index in [1.165, 1.54) is 0 Å². The van der Waals surface area contributed by atoms with Crippen LogP contribution in [-0.4, -0.2) is 165 Å². The third-order valence-electron chi connectivity index (χ3n) is 5.41. The third kappa shape index (κ3) is 30.6. The maximum atomic E-state index is 11.8. The maximum absolute atomic E-state index is 11.8. The average molecular weight is 653 g/mol. The van der Waals surface area contributed by atoms with Gasteiger partial charge in [0.2, 0.25) is 0 Å². The van der Waals surface area contributed by atoms with Gasteiger partial charge in [0.05, 0.1) is 151 Å². The van der Waals surface area contributed by atoms with Gasteiger partial charge in [0.15, 0.2) is 0 Å². The molecule has 0 radical (unpaired) electrons. The van der Waals surface area contributed by atoms with Crippen LogP contribution in [0.2, 0.25) is 0 Å². The number of carbonyl (C=O) groups excluding carboxylic acids is 1. The lowest BCUT2D eigenvalue weighted by molar-refractivity contribution is -0.0281. The van der Waals surface area contributed by atoms with Crippen LogP contribution in [0.5, 0.6) is 0 Å². The van der Waals surface area contributed by atoms with Crippen molar-refractivity contribution in [3.8, 4) is 0 Å². The van der Waals surface area contributed by atoms with E-state index in [0.717, 1.165) is 0 Å². The van der Waals surface area contributed by atoms with E-state index >= 15 is 0 Å². The van der Waals surface area contributed by atoms with E-state index in [1.54, 1.807) is 24.3 Å². The number of ether oxygens (including phenoxy) is 12. The molecule has 0 bridgehead atoms. The molecule has 0 heterocycles. The van der Waals surface area contributed by atoms with Crippen LogP contribution < -0.4 is 0 Å². The summed E-state index contributed by atoms with van der Waals surface area (Å²) in [6.07, 6.45) is 0. The smallest absolute Gasteiger partial charge is 0.338 e. The highest BCUT2D eigenvalue weighted by Crippen LogP contribution is 2.00. The highest BCUT2D eigenvalue weighted by Gasteiger charge is 2.05. The van der Waals surface area contributed by atoms with Gasteiger partial charge < -0.3 is 56.8 Å². The molecule has 1 aromatic carbocycles. The normalized spacial score (nSPS) is 11.3. The van der Waals surface area contributed by atoms with Gasteiger partial charge in [0.1, 0.15) is 13.3 Å². The summed E-state index contributed by atoms with van der Waals surface area (Å²) in [7, 11) is 0. The van der Waals surface area contributed by atoms with Gasteiger partial charge in [-0.1, -0.05) is 18.2 Å². The number of alkyl halides is 1. The lowest BCUT2D eigenvalue weighted by Crippen LogP contribution is -2.15. The molecule has 0 saturated heterocycles. The van der Waals surface area contributed by atoms with Crippen molar-refractivity contribution in [2.75, 3.05) is 159 Å². The highest BCUT2D eigenvalue weighted by atomic mass is 19.1. The number of carbonyl (C=O) groups is 1. The zero-order valence-corrected chi connectivity index (χ0v) is 26.5. The molecule has 0 atom stereocenters. The second-order valence-electron chi connectivity index (χ2n) is 8.93. The van der Waals surface area contributed by atoms with Crippen molar-refractivity contribution in [2.24, 2.45) is 0 Å². The van der Waals surface area contributed by atoms with Crippen molar-refractivity contribution >= 4 is 5.97 Å². The van der Waals surface area contributed by atoms with E-state index in [-0.39, 0.29) is 19.2 Å². The first kappa shape index (κ1) is 41.2. The van der Waals surface area contributed by atoms with E-state index in [4.69, 9.17) is 56.8 Å². The van der Waals surface area contributed by atoms with Crippen LogP contribution in [0, 0.1) is 0 Å². The minimum atomic E-state index is -0.478. The van der Waals surface area contributed by atoms with Crippen molar-refractivity contribution in [3.05, 3.63) is 35.9 Å². The van der Waals surface area contributed by atoms with Gasteiger partial charge in [-0.3, -0.25) is 0 Å². The Balaban J connectivity index is 1.63. The van der Waals surface area contributed by atoms with Crippen LogP contribution in [-0.2, 0) is 56.8 Å². The Hall–Kier alpha value is -1.82. The first-order valence-corrected chi connectivity index (χ1v) is 15.5. The predicted molar refractivity (Wildman–Crippen MR) is 162 cm³/mol. The minimum absolute atomic E-state index is 0.109. The van der Waals surface area contributed by atoms with E-state index in [1.807, 2.05) is 6.07 Å². The largest absolute Gasteiger partial charge is 0.460 e. The Bertz CT molecular complexity index is 733. The van der Waals surface area contributed by atoms with Crippen LogP contribution in [0.15, 0.2) is 30.3 Å². The molecule has 0 fully saturated rings. The molecular formula is C31H53FO13. The fourth-order valence-corrected chi connectivity index (χ4v) is 3.21. The number of rotatable bonds is 36. The van der Waals surface area contributed by atoms with Crippen LogP contribution in [0.4, 0.5) is 4.39 Å².